The largest absolute Gasteiger partial charge is 0.340 e. The molecule has 1 aromatic heterocycles. The van der Waals surface area contributed by atoms with Gasteiger partial charge in [0, 0.05) is 19.2 Å². The summed E-state index contributed by atoms with van der Waals surface area (Å²) in [5.41, 5.74) is -2.34. The third-order valence-corrected chi connectivity index (χ3v) is 4.09. The van der Waals surface area contributed by atoms with E-state index in [1.54, 1.807) is 6.07 Å². The van der Waals surface area contributed by atoms with Crippen LogP contribution in [0.25, 0.3) is 0 Å². The van der Waals surface area contributed by atoms with Gasteiger partial charge in [0.05, 0.1) is 13.1 Å². The van der Waals surface area contributed by atoms with E-state index in [4.69, 9.17) is 0 Å². The fourth-order valence-electron chi connectivity index (χ4n) is 2.61. The maximum absolute atomic E-state index is 13.8. The van der Waals surface area contributed by atoms with Crippen LogP contribution in [-0.2, 0) is 31.0 Å². The van der Waals surface area contributed by atoms with Gasteiger partial charge in [-0.15, -0.1) is 13.2 Å². The summed E-state index contributed by atoms with van der Waals surface area (Å²) in [6.45, 7) is 6.11. The first-order valence-electron chi connectivity index (χ1n) is 8.45. The highest BCUT2D eigenvalue weighted by Crippen LogP contribution is 2.09. The van der Waals surface area contributed by atoms with E-state index in [1.165, 1.54) is 42.3 Å². The highest BCUT2D eigenvalue weighted by atomic mass is 19.1. The molecule has 2 rings (SSSR count). The molecule has 1 amide bonds. The van der Waals surface area contributed by atoms with Gasteiger partial charge in [0.1, 0.15) is 12.4 Å². The molecule has 0 aliphatic rings. The number of carbonyl (C=O) groups is 1. The minimum atomic E-state index is -0.914. The Kier molecular flexibility index (Phi) is 6.64. The van der Waals surface area contributed by atoms with E-state index in [0.29, 0.717) is 10.1 Å². The van der Waals surface area contributed by atoms with Gasteiger partial charge in [0.2, 0.25) is 5.91 Å². The van der Waals surface area contributed by atoms with Crippen molar-refractivity contribution in [2.45, 2.75) is 26.2 Å². The molecule has 0 spiro atoms. The van der Waals surface area contributed by atoms with Crippen LogP contribution in [0.4, 0.5) is 4.39 Å². The predicted molar refractivity (Wildman–Crippen MR) is 102 cm³/mol. The number of amides is 1. The van der Waals surface area contributed by atoms with Crippen molar-refractivity contribution in [1.82, 2.24) is 18.6 Å². The second-order valence-corrected chi connectivity index (χ2v) is 6.07. The van der Waals surface area contributed by atoms with E-state index in [1.807, 2.05) is 0 Å². The first-order chi connectivity index (χ1) is 13.3. The second kappa shape index (κ2) is 8.94. The Labute approximate surface area is 160 Å². The number of allylic oxidation sites excluding steroid dienone is 2. The van der Waals surface area contributed by atoms with E-state index < -0.39 is 35.3 Å². The maximum atomic E-state index is 13.8. The number of likely N-dealkylation sites (N-methyl/N-ethyl adjacent to an activating group) is 1. The lowest BCUT2D eigenvalue weighted by molar-refractivity contribution is -0.131. The molecule has 148 valence electrons. The molecule has 0 bridgehead atoms. The number of nitrogens with zero attached hydrogens (tertiary/aromatic N) is 4. The van der Waals surface area contributed by atoms with Crippen LogP contribution >= 0.6 is 0 Å². The molecule has 1 aromatic carbocycles. The van der Waals surface area contributed by atoms with E-state index in [0.717, 1.165) is 9.13 Å². The summed E-state index contributed by atoms with van der Waals surface area (Å²) < 4.78 is 16.1. The molecule has 28 heavy (non-hydrogen) atoms. The molecule has 2 aromatic rings. The highest BCUT2D eigenvalue weighted by molar-refractivity contribution is 5.75. The Balaban J connectivity index is 2.40. The molecule has 8 nitrogen and oxygen atoms in total. The zero-order chi connectivity index (χ0) is 20.8. The van der Waals surface area contributed by atoms with Crippen LogP contribution in [0.1, 0.15) is 5.56 Å². The zero-order valence-corrected chi connectivity index (χ0v) is 15.5. The van der Waals surface area contributed by atoms with Crippen molar-refractivity contribution in [2.24, 2.45) is 0 Å². The molecule has 0 fully saturated rings. The standard InChI is InChI=1S/C19H21FN4O4/c1-4-10-22-17(26)23(11-5-2)19(28)24(18(22)27)13-16(25)21(3)12-14-8-6-7-9-15(14)20/h4-9H,1-2,10-13H2,3H3. The SMILES string of the molecule is C=CCn1c(=O)n(CC=C)c(=O)n(CC(=O)N(C)Cc2ccccc2F)c1=O. The zero-order valence-electron chi connectivity index (χ0n) is 15.5. The van der Waals surface area contributed by atoms with Crippen LogP contribution < -0.4 is 17.1 Å². The quantitative estimate of drug-likeness (QED) is 0.611. The molecule has 0 aliphatic carbocycles. The Bertz CT molecular complexity index is 1030. The number of halogens is 1. The van der Waals surface area contributed by atoms with Gasteiger partial charge in [0.25, 0.3) is 0 Å². The smallest absolute Gasteiger partial charge is 0.337 e. The molecule has 0 atom stereocenters. The molecule has 0 N–H and O–H groups in total. The summed E-state index contributed by atoms with van der Waals surface area (Å²) in [4.78, 5) is 51.1. The van der Waals surface area contributed by atoms with Gasteiger partial charge in [-0.25, -0.2) is 32.5 Å². The molecule has 0 saturated carbocycles. The first kappa shape index (κ1) is 20.8. The summed E-state index contributed by atoms with van der Waals surface area (Å²) in [7, 11) is 1.43. The molecule has 0 saturated heterocycles. The van der Waals surface area contributed by atoms with Crippen molar-refractivity contribution in [3.8, 4) is 0 Å². The lowest BCUT2D eigenvalue weighted by Crippen LogP contribution is -2.55. The average Bonchev–Trinajstić information content (AvgIpc) is 2.67. The van der Waals surface area contributed by atoms with Crippen LogP contribution in [0.2, 0.25) is 0 Å². The summed E-state index contributed by atoms with van der Waals surface area (Å²) >= 11 is 0. The van der Waals surface area contributed by atoms with Gasteiger partial charge < -0.3 is 4.90 Å². The summed E-state index contributed by atoms with van der Waals surface area (Å²) in [6, 6.07) is 5.98. The summed E-state index contributed by atoms with van der Waals surface area (Å²) in [6.07, 6.45) is 2.67. The van der Waals surface area contributed by atoms with Gasteiger partial charge in [0.15, 0.2) is 0 Å². The molecule has 0 aliphatic heterocycles. The maximum Gasteiger partial charge on any atom is 0.337 e. The Morgan fingerprint density at radius 1 is 1.00 bits per heavy atom. The predicted octanol–water partition coefficient (Wildman–Crippen LogP) is 0.341. The second-order valence-electron chi connectivity index (χ2n) is 6.07. The number of aromatic nitrogens is 3. The Morgan fingerprint density at radius 3 is 2.00 bits per heavy atom. The van der Waals surface area contributed by atoms with Crippen molar-refractivity contribution >= 4 is 5.91 Å². The van der Waals surface area contributed by atoms with E-state index >= 15 is 0 Å². The van der Waals surface area contributed by atoms with Crippen molar-refractivity contribution in [3.05, 3.63) is 92.4 Å². The van der Waals surface area contributed by atoms with Crippen LogP contribution in [0, 0.1) is 5.82 Å². The number of benzene rings is 1. The lowest BCUT2D eigenvalue weighted by Gasteiger charge is -2.19. The Hall–Kier alpha value is -3.49. The van der Waals surface area contributed by atoms with E-state index in [2.05, 4.69) is 13.2 Å². The van der Waals surface area contributed by atoms with E-state index in [9.17, 15) is 23.6 Å². The monoisotopic (exact) mass is 388 g/mol. The van der Waals surface area contributed by atoms with Crippen LogP contribution in [0.5, 0.6) is 0 Å². The van der Waals surface area contributed by atoms with Crippen LogP contribution in [0.15, 0.2) is 64.0 Å². The first-order valence-corrected chi connectivity index (χ1v) is 8.45. The van der Waals surface area contributed by atoms with Crippen molar-refractivity contribution in [3.63, 3.8) is 0 Å². The minimum absolute atomic E-state index is 0.0343. The molecule has 0 unspecified atom stereocenters. The van der Waals surface area contributed by atoms with Gasteiger partial charge in [-0.05, 0) is 6.07 Å². The summed E-state index contributed by atoms with van der Waals surface area (Å²) in [5.74, 6) is -1.05. The van der Waals surface area contributed by atoms with Gasteiger partial charge in [-0.1, -0.05) is 30.4 Å². The molecule has 9 heteroatoms. The Morgan fingerprint density at radius 2 is 1.50 bits per heavy atom. The topological polar surface area (TPSA) is 86.3 Å². The van der Waals surface area contributed by atoms with Gasteiger partial charge >= 0.3 is 17.1 Å². The number of rotatable bonds is 8. The lowest BCUT2D eigenvalue weighted by atomic mass is 10.2. The van der Waals surface area contributed by atoms with Crippen molar-refractivity contribution in [1.29, 1.82) is 0 Å². The fourth-order valence-corrected chi connectivity index (χ4v) is 2.61. The average molecular weight is 388 g/mol. The van der Waals surface area contributed by atoms with Crippen molar-refractivity contribution in [2.75, 3.05) is 7.05 Å². The third-order valence-electron chi connectivity index (χ3n) is 4.09. The van der Waals surface area contributed by atoms with Crippen LogP contribution in [0.3, 0.4) is 0 Å². The van der Waals surface area contributed by atoms with Crippen molar-refractivity contribution < 1.29 is 9.18 Å². The number of hydrogen-bond donors (Lipinski definition) is 0. The third kappa shape index (κ3) is 4.25. The molecular weight excluding hydrogens is 367 g/mol. The minimum Gasteiger partial charge on any atom is -0.340 e. The number of carbonyl (C=O) groups excluding carboxylic acids is 1. The molecule has 1 heterocycles. The van der Waals surface area contributed by atoms with Crippen LogP contribution in [-0.4, -0.2) is 31.6 Å². The molecular formula is C19H21FN4O4. The van der Waals surface area contributed by atoms with E-state index in [-0.39, 0.29) is 19.6 Å². The summed E-state index contributed by atoms with van der Waals surface area (Å²) in [5, 5.41) is 0. The van der Waals surface area contributed by atoms with Gasteiger partial charge in [-0.3, -0.25) is 4.79 Å². The van der Waals surface area contributed by atoms with Gasteiger partial charge in [-0.2, -0.15) is 0 Å². The fraction of sp³-hybridized carbons (Fsp3) is 0.263. The number of hydrogen-bond acceptors (Lipinski definition) is 4. The highest BCUT2D eigenvalue weighted by Gasteiger charge is 2.19. The normalized spacial score (nSPS) is 10.5. The molecule has 0 radical (unpaired) electrons.